The van der Waals surface area contributed by atoms with Crippen molar-refractivity contribution in [2.75, 3.05) is 38.5 Å². The third-order valence-electron chi connectivity index (χ3n) is 5.82. The van der Waals surface area contributed by atoms with E-state index in [2.05, 4.69) is 29.5 Å². The van der Waals surface area contributed by atoms with Gasteiger partial charge in [-0.2, -0.15) is 0 Å². The second kappa shape index (κ2) is 8.35. The molecule has 2 aliphatic rings. The minimum Gasteiger partial charge on any atom is -0.336 e. The number of rotatable bonds is 3. The van der Waals surface area contributed by atoms with Crippen molar-refractivity contribution in [2.24, 2.45) is 0 Å². The number of nitrogens with zero attached hydrogens (tertiary/aromatic N) is 2. The first kappa shape index (κ1) is 19.6. The minimum atomic E-state index is -0.128. The summed E-state index contributed by atoms with van der Waals surface area (Å²) in [5.41, 5.74) is 4.50. The largest absolute Gasteiger partial charge is 0.336 e. The fourth-order valence-electron chi connectivity index (χ4n) is 3.91. The highest BCUT2D eigenvalue weighted by atomic mass is 16.2. The molecule has 0 aliphatic carbocycles. The van der Waals surface area contributed by atoms with Gasteiger partial charge in [0.1, 0.15) is 0 Å². The highest BCUT2D eigenvalue weighted by Gasteiger charge is 2.20. The van der Waals surface area contributed by atoms with Crippen molar-refractivity contribution in [3.05, 3.63) is 64.7 Å². The third kappa shape index (κ3) is 4.49. The van der Waals surface area contributed by atoms with Crippen molar-refractivity contribution in [1.82, 2.24) is 15.1 Å². The number of carbonyl (C=O) groups excluding carboxylic acids is 2. The number of anilines is 1. The van der Waals surface area contributed by atoms with Crippen LogP contribution < -0.4 is 10.6 Å². The molecule has 1 fully saturated rings. The molecular weight excluding hydrogens is 364 g/mol. The first-order valence-corrected chi connectivity index (χ1v) is 10.2. The van der Waals surface area contributed by atoms with Crippen molar-refractivity contribution < 1.29 is 9.59 Å². The van der Waals surface area contributed by atoms with E-state index in [1.54, 1.807) is 24.3 Å². The summed E-state index contributed by atoms with van der Waals surface area (Å²) >= 11 is 0. The summed E-state index contributed by atoms with van der Waals surface area (Å²) in [6, 6.07) is 13.5. The predicted molar refractivity (Wildman–Crippen MR) is 114 cm³/mol. The molecule has 6 heteroatoms. The Labute approximate surface area is 171 Å². The van der Waals surface area contributed by atoms with Crippen LogP contribution in [0.1, 0.15) is 38.8 Å². The molecule has 4 rings (SSSR count). The summed E-state index contributed by atoms with van der Waals surface area (Å²) in [5.74, 6) is -0.0782. The van der Waals surface area contributed by atoms with E-state index in [0.717, 1.165) is 39.1 Å². The van der Waals surface area contributed by atoms with Gasteiger partial charge >= 0.3 is 0 Å². The lowest BCUT2D eigenvalue weighted by Gasteiger charge is -2.32. The van der Waals surface area contributed by atoms with Crippen LogP contribution in [0.25, 0.3) is 0 Å². The summed E-state index contributed by atoms with van der Waals surface area (Å²) < 4.78 is 0. The molecule has 0 radical (unpaired) electrons. The Kier molecular flexibility index (Phi) is 5.65. The van der Waals surface area contributed by atoms with Gasteiger partial charge in [0.15, 0.2) is 0 Å². The van der Waals surface area contributed by atoms with Crippen LogP contribution >= 0.6 is 0 Å². The molecule has 1 unspecified atom stereocenters. The van der Waals surface area contributed by atoms with E-state index in [0.29, 0.717) is 22.9 Å². The maximum Gasteiger partial charge on any atom is 0.255 e. The first-order chi connectivity index (χ1) is 14.0. The third-order valence-corrected chi connectivity index (χ3v) is 5.82. The molecule has 0 saturated carbocycles. The van der Waals surface area contributed by atoms with Gasteiger partial charge in [0.25, 0.3) is 11.8 Å². The Morgan fingerprint density at radius 3 is 2.38 bits per heavy atom. The molecule has 0 spiro atoms. The number of fused-ring (bicyclic) bond motifs is 1. The van der Waals surface area contributed by atoms with Crippen molar-refractivity contribution in [1.29, 1.82) is 0 Å². The normalized spacial score (nSPS) is 19.5. The lowest BCUT2D eigenvalue weighted by Crippen LogP contribution is -2.47. The van der Waals surface area contributed by atoms with E-state index in [9.17, 15) is 9.59 Å². The van der Waals surface area contributed by atoms with Gasteiger partial charge in [-0.05, 0) is 67.9 Å². The van der Waals surface area contributed by atoms with Gasteiger partial charge in [0.05, 0.1) is 0 Å². The van der Waals surface area contributed by atoms with Crippen molar-refractivity contribution >= 4 is 17.5 Å². The Hall–Kier alpha value is -2.70. The van der Waals surface area contributed by atoms with Crippen molar-refractivity contribution in [3.63, 3.8) is 0 Å². The lowest BCUT2D eigenvalue weighted by molar-refractivity contribution is 0.0664. The molecule has 2 aromatic rings. The van der Waals surface area contributed by atoms with Gasteiger partial charge in [-0.3, -0.25) is 9.59 Å². The second-order valence-electron chi connectivity index (χ2n) is 8.10. The summed E-state index contributed by atoms with van der Waals surface area (Å²) in [6.45, 7) is 6.30. The number of hydrogen-bond acceptors (Lipinski definition) is 4. The minimum absolute atomic E-state index is 0.0494. The van der Waals surface area contributed by atoms with Crippen LogP contribution in [0.15, 0.2) is 42.5 Å². The highest BCUT2D eigenvalue weighted by molar-refractivity contribution is 6.04. The molecule has 0 bridgehead atoms. The van der Waals surface area contributed by atoms with E-state index in [4.69, 9.17) is 0 Å². The lowest BCUT2D eigenvalue weighted by atomic mass is 9.94. The molecule has 1 saturated heterocycles. The fourth-order valence-corrected chi connectivity index (χ4v) is 3.91. The number of amides is 2. The molecule has 2 amide bonds. The van der Waals surface area contributed by atoms with Crippen molar-refractivity contribution in [3.8, 4) is 0 Å². The Bertz CT molecular complexity index is 902. The molecule has 29 heavy (non-hydrogen) atoms. The quantitative estimate of drug-likeness (QED) is 0.842. The maximum atomic E-state index is 12.7. The van der Waals surface area contributed by atoms with E-state index in [1.807, 2.05) is 23.1 Å². The van der Waals surface area contributed by atoms with Crippen molar-refractivity contribution in [2.45, 2.75) is 25.9 Å². The zero-order chi connectivity index (χ0) is 20.4. The molecule has 2 aliphatic heterocycles. The smallest absolute Gasteiger partial charge is 0.255 e. The number of benzene rings is 2. The zero-order valence-corrected chi connectivity index (χ0v) is 17.1. The fraction of sp³-hybridized carbons (Fsp3) is 0.391. The van der Waals surface area contributed by atoms with Crippen LogP contribution in [0.5, 0.6) is 0 Å². The second-order valence-corrected chi connectivity index (χ2v) is 8.10. The van der Waals surface area contributed by atoms with Crippen LogP contribution in [-0.4, -0.2) is 60.9 Å². The molecule has 0 aromatic heterocycles. The topological polar surface area (TPSA) is 64.7 Å². The van der Waals surface area contributed by atoms with Gasteiger partial charge in [-0.1, -0.05) is 6.07 Å². The van der Waals surface area contributed by atoms with Gasteiger partial charge < -0.3 is 20.4 Å². The zero-order valence-electron chi connectivity index (χ0n) is 17.1. The van der Waals surface area contributed by atoms with Gasteiger partial charge in [-0.15, -0.1) is 0 Å². The van der Waals surface area contributed by atoms with E-state index >= 15 is 0 Å². The number of carbonyl (C=O) groups is 2. The predicted octanol–water partition coefficient (Wildman–Crippen LogP) is 2.36. The molecule has 2 N–H and O–H groups in total. The number of nitrogens with one attached hydrogen (secondary N) is 2. The molecule has 1 atom stereocenters. The SMILES string of the molecule is CC1Cc2cc(C(=O)Nc3ccc(C(=O)N4CCN(C)CC4)cc3)ccc2CN1. The Balaban J connectivity index is 1.40. The number of likely N-dealkylation sites (N-methyl/N-ethyl adjacent to an activating group) is 1. The molecule has 6 nitrogen and oxygen atoms in total. The highest BCUT2D eigenvalue weighted by Crippen LogP contribution is 2.20. The van der Waals surface area contributed by atoms with Gasteiger partial charge in [0, 0.05) is 55.6 Å². The van der Waals surface area contributed by atoms with Gasteiger partial charge in [-0.25, -0.2) is 0 Å². The van der Waals surface area contributed by atoms with Crippen LogP contribution in [0.3, 0.4) is 0 Å². The van der Waals surface area contributed by atoms with Crippen LogP contribution in [-0.2, 0) is 13.0 Å². The average molecular weight is 393 g/mol. The number of piperazine rings is 1. The summed E-state index contributed by atoms with van der Waals surface area (Å²) in [5, 5.41) is 6.37. The monoisotopic (exact) mass is 392 g/mol. The van der Waals surface area contributed by atoms with E-state index in [-0.39, 0.29) is 11.8 Å². The van der Waals surface area contributed by atoms with Crippen LogP contribution in [0.2, 0.25) is 0 Å². The summed E-state index contributed by atoms with van der Waals surface area (Å²) in [4.78, 5) is 29.4. The Morgan fingerprint density at radius 2 is 1.66 bits per heavy atom. The maximum absolute atomic E-state index is 12.7. The van der Waals surface area contributed by atoms with Crippen LogP contribution in [0, 0.1) is 0 Å². The molecule has 2 aromatic carbocycles. The van der Waals surface area contributed by atoms with Gasteiger partial charge in [0.2, 0.25) is 0 Å². The standard InChI is InChI=1S/C23H28N4O2/c1-16-13-20-14-18(3-4-19(20)15-24-16)22(28)25-21-7-5-17(6-8-21)23(29)27-11-9-26(2)10-12-27/h3-8,14,16,24H,9-13,15H2,1-2H3,(H,25,28). The summed E-state index contributed by atoms with van der Waals surface area (Å²) in [6.07, 6.45) is 0.930. The van der Waals surface area contributed by atoms with E-state index in [1.165, 1.54) is 11.1 Å². The molecular formula is C23H28N4O2. The first-order valence-electron chi connectivity index (χ1n) is 10.2. The number of hydrogen-bond donors (Lipinski definition) is 2. The van der Waals surface area contributed by atoms with Crippen LogP contribution in [0.4, 0.5) is 5.69 Å². The molecule has 2 heterocycles. The molecule has 152 valence electrons. The Morgan fingerprint density at radius 1 is 0.966 bits per heavy atom. The van der Waals surface area contributed by atoms with E-state index < -0.39 is 0 Å². The summed E-state index contributed by atoms with van der Waals surface area (Å²) in [7, 11) is 2.07. The average Bonchev–Trinajstić information content (AvgIpc) is 2.73.